The second kappa shape index (κ2) is 6.82. The van der Waals surface area contributed by atoms with E-state index in [2.05, 4.69) is 12.2 Å². The average Bonchev–Trinajstić information content (AvgIpc) is 2.43. The second-order valence-corrected chi connectivity index (χ2v) is 3.81. The summed E-state index contributed by atoms with van der Waals surface area (Å²) in [6.07, 6.45) is 7.33. The first-order chi connectivity index (χ1) is 6.83. The van der Waals surface area contributed by atoms with Crippen LogP contribution >= 0.6 is 0 Å². The largest absolute Gasteiger partial charge is 0.372 e. The summed E-state index contributed by atoms with van der Waals surface area (Å²) >= 11 is 0. The van der Waals surface area contributed by atoms with E-state index in [1.165, 1.54) is 25.7 Å². The summed E-state index contributed by atoms with van der Waals surface area (Å²) in [5.74, 6) is 0.000509. The van der Waals surface area contributed by atoms with Gasteiger partial charge in [-0.1, -0.05) is 25.7 Å². The van der Waals surface area contributed by atoms with E-state index in [1.54, 1.807) is 0 Å². The van der Waals surface area contributed by atoms with Crippen LogP contribution in [0.1, 0.15) is 38.5 Å². The summed E-state index contributed by atoms with van der Waals surface area (Å²) in [6, 6.07) is 0.374. The fourth-order valence-electron chi connectivity index (χ4n) is 1.86. The van der Waals surface area contributed by atoms with Crippen LogP contribution in [0.5, 0.6) is 0 Å². The molecule has 0 aromatic heterocycles. The molecule has 1 N–H and O–H groups in total. The summed E-state index contributed by atoms with van der Waals surface area (Å²) in [6.45, 7) is 4.03. The standard InChI is InChI=1S/C11H20NO2/c1-2-14-9-11(13)12-10-7-5-3-4-6-8-10/h10H,1-9H2,(H,12,13). The Morgan fingerprint density at radius 1 is 1.29 bits per heavy atom. The predicted molar refractivity (Wildman–Crippen MR) is 55.8 cm³/mol. The molecule has 1 radical (unpaired) electrons. The quantitative estimate of drug-likeness (QED) is 0.698. The fraction of sp³-hybridized carbons (Fsp3) is 0.818. The number of carbonyl (C=O) groups is 1. The molecule has 1 fully saturated rings. The fourth-order valence-corrected chi connectivity index (χ4v) is 1.86. The van der Waals surface area contributed by atoms with Gasteiger partial charge >= 0.3 is 0 Å². The predicted octanol–water partition coefficient (Wildman–Crippen LogP) is 1.68. The van der Waals surface area contributed by atoms with Crippen molar-refractivity contribution in [2.45, 2.75) is 44.6 Å². The van der Waals surface area contributed by atoms with Crippen molar-refractivity contribution in [3.05, 3.63) is 6.92 Å². The molecule has 14 heavy (non-hydrogen) atoms. The highest BCUT2D eigenvalue weighted by molar-refractivity contribution is 5.77. The Balaban J connectivity index is 2.17. The third-order valence-electron chi connectivity index (χ3n) is 2.60. The van der Waals surface area contributed by atoms with Gasteiger partial charge in [0.1, 0.15) is 6.61 Å². The minimum atomic E-state index is 0.000509. The average molecular weight is 198 g/mol. The molecule has 0 aliphatic heterocycles. The van der Waals surface area contributed by atoms with Gasteiger partial charge in [-0.3, -0.25) is 4.79 Å². The van der Waals surface area contributed by atoms with Gasteiger partial charge in [-0.2, -0.15) is 0 Å². The molecule has 0 saturated heterocycles. The van der Waals surface area contributed by atoms with E-state index < -0.39 is 0 Å². The molecule has 1 rings (SSSR count). The van der Waals surface area contributed by atoms with Crippen LogP contribution < -0.4 is 5.32 Å². The monoisotopic (exact) mass is 198 g/mol. The van der Waals surface area contributed by atoms with Gasteiger partial charge in [-0.25, -0.2) is 0 Å². The van der Waals surface area contributed by atoms with Crippen molar-refractivity contribution in [2.75, 3.05) is 13.2 Å². The van der Waals surface area contributed by atoms with E-state index in [9.17, 15) is 4.79 Å². The van der Waals surface area contributed by atoms with Gasteiger partial charge < -0.3 is 10.1 Å². The number of carbonyl (C=O) groups excluding carboxylic acids is 1. The van der Waals surface area contributed by atoms with Crippen LogP contribution in [0.2, 0.25) is 0 Å². The number of ether oxygens (including phenoxy) is 1. The number of nitrogens with one attached hydrogen (secondary N) is 1. The lowest BCUT2D eigenvalue weighted by molar-refractivity contribution is -0.126. The van der Waals surface area contributed by atoms with Gasteiger partial charge in [0.2, 0.25) is 5.91 Å². The third-order valence-corrected chi connectivity index (χ3v) is 2.60. The SMILES string of the molecule is [CH2]COCC(=O)NC1CCCCCC1. The zero-order valence-electron chi connectivity index (χ0n) is 8.76. The molecule has 3 nitrogen and oxygen atoms in total. The molecule has 1 aliphatic carbocycles. The molecule has 0 aromatic rings. The Bertz CT molecular complexity index is 163. The van der Waals surface area contributed by atoms with Crippen LogP contribution in [0.15, 0.2) is 0 Å². The first kappa shape index (κ1) is 11.5. The summed E-state index contributed by atoms with van der Waals surface area (Å²) in [5, 5.41) is 3.00. The highest BCUT2D eigenvalue weighted by Gasteiger charge is 2.14. The number of rotatable bonds is 4. The molecule has 0 atom stereocenters. The van der Waals surface area contributed by atoms with Crippen molar-refractivity contribution in [1.29, 1.82) is 0 Å². The van der Waals surface area contributed by atoms with Crippen LogP contribution in [-0.4, -0.2) is 25.2 Å². The highest BCUT2D eigenvalue weighted by Crippen LogP contribution is 2.16. The Labute approximate surface area is 86.2 Å². The first-order valence-electron chi connectivity index (χ1n) is 5.49. The third kappa shape index (κ3) is 4.61. The molecule has 1 aliphatic rings. The maximum atomic E-state index is 11.3. The van der Waals surface area contributed by atoms with Crippen LogP contribution in [0.25, 0.3) is 0 Å². The number of amides is 1. The lowest BCUT2D eigenvalue weighted by atomic mass is 10.1. The van der Waals surface area contributed by atoms with Crippen molar-refractivity contribution in [3.8, 4) is 0 Å². The van der Waals surface area contributed by atoms with Gasteiger partial charge in [0.05, 0.1) is 0 Å². The van der Waals surface area contributed by atoms with E-state index >= 15 is 0 Å². The van der Waals surface area contributed by atoms with Crippen LogP contribution in [0.4, 0.5) is 0 Å². The van der Waals surface area contributed by atoms with Gasteiger partial charge in [-0.05, 0) is 19.8 Å². The zero-order chi connectivity index (χ0) is 10.2. The van der Waals surface area contributed by atoms with Gasteiger partial charge in [0.15, 0.2) is 0 Å². The summed E-state index contributed by atoms with van der Waals surface area (Å²) in [7, 11) is 0. The lowest BCUT2D eigenvalue weighted by Crippen LogP contribution is -2.36. The maximum absolute atomic E-state index is 11.3. The Morgan fingerprint density at radius 3 is 2.50 bits per heavy atom. The minimum Gasteiger partial charge on any atom is -0.372 e. The molecule has 81 valence electrons. The molecule has 1 saturated carbocycles. The molecule has 0 aromatic carbocycles. The summed E-state index contributed by atoms with van der Waals surface area (Å²) in [4.78, 5) is 11.3. The number of hydrogen-bond acceptors (Lipinski definition) is 2. The van der Waals surface area contributed by atoms with E-state index in [1.807, 2.05) is 0 Å². The topological polar surface area (TPSA) is 38.3 Å². The second-order valence-electron chi connectivity index (χ2n) is 3.81. The van der Waals surface area contributed by atoms with E-state index in [0.717, 1.165) is 12.8 Å². The van der Waals surface area contributed by atoms with Crippen molar-refractivity contribution >= 4 is 5.91 Å². The van der Waals surface area contributed by atoms with Crippen molar-refractivity contribution in [1.82, 2.24) is 5.32 Å². The first-order valence-corrected chi connectivity index (χ1v) is 5.49. The number of hydrogen-bond donors (Lipinski definition) is 1. The van der Waals surface area contributed by atoms with Crippen molar-refractivity contribution in [3.63, 3.8) is 0 Å². The van der Waals surface area contributed by atoms with E-state index in [-0.39, 0.29) is 12.5 Å². The summed E-state index contributed by atoms with van der Waals surface area (Å²) < 4.78 is 4.94. The maximum Gasteiger partial charge on any atom is 0.246 e. The van der Waals surface area contributed by atoms with Crippen LogP contribution in [-0.2, 0) is 9.53 Å². The molecular formula is C11H20NO2. The van der Waals surface area contributed by atoms with Crippen molar-refractivity contribution < 1.29 is 9.53 Å². The minimum absolute atomic E-state index is 0.000509. The Hall–Kier alpha value is -0.570. The molecule has 1 amide bonds. The van der Waals surface area contributed by atoms with Gasteiger partial charge in [0, 0.05) is 12.6 Å². The normalized spacial score (nSPS) is 18.9. The Kier molecular flexibility index (Phi) is 5.60. The molecule has 0 spiro atoms. The zero-order valence-corrected chi connectivity index (χ0v) is 8.76. The van der Waals surface area contributed by atoms with Crippen LogP contribution in [0.3, 0.4) is 0 Å². The van der Waals surface area contributed by atoms with Gasteiger partial charge in [0.25, 0.3) is 0 Å². The molecule has 3 heteroatoms. The Morgan fingerprint density at radius 2 is 1.93 bits per heavy atom. The van der Waals surface area contributed by atoms with Crippen molar-refractivity contribution in [2.24, 2.45) is 0 Å². The molecular weight excluding hydrogens is 178 g/mol. The smallest absolute Gasteiger partial charge is 0.246 e. The van der Waals surface area contributed by atoms with Gasteiger partial charge in [-0.15, -0.1) is 0 Å². The van der Waals surface area contributed by atoms with E-state index in [4.69, 9.17) is 4.74 Å². The summed E-state index contributed by atoms with van der Waals surface area (Å²) in [5.41, 5.74) is 0. The van der Waals surface area contributed by atoms with Crippen LogP contribution in [0, 0.1) is 6.92 Å². The highest BCUT2D eigenvalue weighted by atomic mass is 16.5. The molecule has 0 heterocycles. The molecule has 0 bridgehead atoms. The molecule has 0 unspecified atom stereocenters. The van der Waals surface area contributed by atoms with E-state index in [0.29, 0.717) is 12.6 Å². The lowest BCUT2D eigenvalue weighted by Gasteiger charge is -2.15.